The van der Waals surface area contributed by atoms with Crippen LogP contribution >= 0.6 is 0 Å². The van der Waals surface area contributed by atoms with Gasteiger partial charge in [0.25, 0.3) is 5.88 Å². The Hall–Kier alpha value is -3.44. The summed E-state index contributed by atoms with van der Waals surface area (Å²) < 4.78 is 33.4. The van der Waals surface area contributed by atoms with Crippen molar-refractivity contribution in [3.63, 3.8) is 0 Å². The number of anilines is 1. The molecule has 1 fully saturated rings. The van der Waals surface area contributed by atoms with E-state index in [4.69, 9.17) is 14.0 Å². The number of carbonyl (C=O) groups excluding carboxylic acids is 2. The molecule has 1 heterocycles. The number of ketones is 2. The second-order valence-corrected chi connectivity index (χ2v) is 13.2. The molecule has 4 atom stereocenters. The molecule has 0 spiro atoms. The second kappa shape index (κ2) is 13.1. The molecule has 1 aromatic carbocycles. The van der Waals surface area contributed by atoms with Crippen molar-refractivity contribution in [1.29, 1.82) is 0 Å². The zero-order chi connectivity index (χ0) is 32.6. The first-order valence-corrected chi connectivity index (χ1v) is 16.2. The fourth-order valence-corrected chi connectivity index (χ4v) is 6.94. The van der Waals surface area contributed by atoms with E-state index in [9.17, 15) is 19.8 Å². The van der Waals surface area contributed by atoms with Gasteiger partial charge in [-0.3, -0.25) is 14.5 Å². The fraction of sp³-hybridized carbons (Fsp3) is 0.618. The molecule has 3 N–H and O–H groups in total. The van der Waals surface area contributed by atoms with Crippen molar-refractivity contribution in [2.75, 3.05) is 39.2 Å². The number of carbonyl (C=O) groups is 2. The lowest BCUT2D eigenvalue weighted by molar-refractivity contribution is -0.142. The number of aliphatic hydroxyl groups excluding tert-OH is 1. The Bertz CT molecular complexity index is 1480. The Morgan fingerprint density at radius 3 is 2.47 bits per heavy atom. The lowest BCUT2D eigenvalue weighted by Crippen LogP contribution is -2.63. The summed E-state index contributed by atoms with van der Waals surface area (Å²) in [6.07, 6.45) is 4.23. The molecular formula is C34H46FN3O7. The van der Waals surface area contributed by atoms with Gasteiger partial charge in [-0.25, -0.2) is 4.39 Å². The molecule has 3 aliphatic rings. The van der Waals surface area contributed by atoms with Crippen LogP contribution in [-0.2, 0) is 11.2 Å². The Kier molecular flexibility index (Phi) is 9.60. The highest BCUT2D eigenvalue weighted by Crippen LogP contribution is 2.56. The highest BCUT2D eigenvalue weighted by Gasteiger charge is 2.65. The average molecular weight is 628 g/mol. The van der Waals surface area contributed by atoms with E-state index in [0.29, 0.717) is 31.2 Å². The van der Waals surface area contributed by atoms with Gasteiger partial charge in [-0.15, -0.1) is 0 Å². The van der Waals surface area contributed by atoms with Crippen LogP contribution < -0.4 is 14.8 Å². The lowest BCUT2D eigenvalue weighted by Gasteiger charge is -2.49. The summed E-state index contributed by atoms with van der Waals surface area (Å²) in [4.78, 5) is 30.4. The van der Waals surface area contributed by atoms with E-state index in [2.05, 4.69) is 24.3 Å². The summed E-state index contributed by atoms with van der Waals surface area (Å²) in [6.45, 7) is 9.38. The number of benzene rings is 1. The standard InChI is InChI=1S/C34H46FN3O7/c1-7-9-13-43-29-23(36-12-11-18(3)4)17-22(35)20-15-19-16-21-27(38(5)6)30-26(33(37-45-30)44-14-10-8-2)32(41)34(21,42)31(40)24(19)28(39)25(20)29/h17-19,21,27,36,39,42H,7-16H2,1-6H3/t19-,21-,27-,34-/m0/s1. The number of fused-ring (bicyclic) bond motifs is 4. The molecule has 10 nitrogen and oxygen atoms in total. The minimum atomic E-state index is -2.51. The molecule has 0 radical (unpaired) electrons. The van der Waals surface area contributed by atoms with Crippen molar-refractivity contribution in [1.82, 2.24) is 10.1 Å². The third-order valence-corrected chi connectivity index (χ3v) is 9.33. The minimum Gasteiger partial charge on any atom is -0.507 e. The highest BCUT2D eigenvalue weighted by molar-refractivity contribution is 6.26. The highest BCUT2D eigenvalue weighted by atomic mass is 19.1. The van der Waals surface area contributed by atoms with Crippen LogP contribution in [0.3, 0.4) is 0 Å². The zero-order valence-electron chi connectivity index (χ0n) is 27.2. The van der Waals surface area contributed by atoms with Gasteiger partial charge in [0.05, 0.1) is 30.5 Å². The summed E-state index contributed by atoms with van der Waals surface area (Å²) in [6, 6.07) is 0.700. The van der Waals surface area contributed by atoms with Crippen LogP contribution in [-0.4, -0.2) is 71.3 Å². The molecule has 0 unspecified atom stereocenters. The van der Waals surface area contributed by atoms with Gasteiger partial charge < -0.3 is 29.5 Å². The molecule has 5 rings (SSSR count). The first-order chi connectivity index (χ1) is 21.5. The number of rotatable bonds is 13. The number of hydrogen-bond donors (Lipinski definition) is 3. The van der Waals surface area contributed by atoms with Gasteiger partial charge in [0.1, 0.15) is 17.1 Å². The molecule has 45 heavy (non-hydrogen) atoms. The number of aromatic nitrogens is 1. The number of unbranched alkanes of at least 4 members (excludes halogenated alkanes) is 2. The summed E-state index contributed by atoms with van der Waals surface area (Å²) in [7, 11) is 3.53. The van der Waals surface area contributed by atoms with Crippen LogP contribution in [0.15, 0.2) is 16.2 Å². The first-order valence-electron chi connectivity index (χ1n) is 16.2. The smallest absolute Gasteiger partial charge is 0.265 e. The van der Waals surface area contributed by atoms with E-state index in [-0.39, 0.29) is 59.1 Å². The van der Waals surface area contributed by atoms with Crippen LogP contribution in [0.5, 0.6) is 11.6 Å². The molecule has 246 valence electrons. The molecule has 1 aromatic heterocycles. The lowest BCUT2D eigenvalue weighted by atomic mass is 9.57. The van der Waals surface area contributed by atoms with Gasteiger partial charge in [0.2, 0.25) is 11.6 Å². The maximum Gasteiger partial charge on any atom is 0.265 e. The average Bonchev–Trinajstić information content (AvgIpc) is 3.39. The first kappa shape index (κ1) is 32.9. The molecule has 1 saturated carbocycles. The van der Waals surface area contributed by atoms with E-state index >= 15 is 4.39 Å². The maximum absolute atomic E-state index is 15.9. The van der Waals surface area contributed by atoms with Crippen molar-refractivity contribution in [3.8, 4) is 11.6 Å². The Morgan fingerprint density at radius 1 is 1.13 bits per heavy atom. The monoisotopic (exact) mass is 627 g/mol. The number of hydrogen-bond acceptors (Lipinski definition) is 10. The second-order valence-electron chi connectivity index (χ2n) is 13.2. The zero-order valence-corrected chi connectivity index (χ0v) is 27.2. The summed E-state index contributed by atoms with van der Waals surface area (Å²) in [5.41, 5.74) is -1.92. The van der Waals surface area contributed by atoms with E-state index in [1.807, 2.05) is 13.8 Å². The van der Waals surface area contributed by atoms with Crippen molar-refractivity contribution in [2.45, 2.75) is 84.3 Å². The van der Waals surface area contributed by atoms with Gasteiger partial charge in [0.15, 0.2) is 17.1 Å². The summed E-state index contributed by atoms with van der Waals surface area (Å²) >= 11 is 0. The molecule has 11 heteroatoms. The van der Waals surface area contributed by atoms with Crippen LogP contribution in [0, 0.1) is 23.6 Å². The number of halogens is 1. The van der Waals surface area contributed by atoms with E-state index in [0.717, 1.165) is 25.7 Å². The van der Waals surface area contributed by atoms with Gasteiger partial charge in [0, 0.05) is 29.7 Å². The number of Topliss-reactive ketones (excluding diaryl/α,β-unsaturated/α-hetero) is 2. The maximum atomic E-state index is 15.9. The van der Waals surface area contributed by atoms with Crippen molar-refractivity contribution in [3.05, 3.63) is 39.9 Å². The summed E-state index contributed by atoms with van der Waals surface area (Å²) in [5, 5.41) is 31.3. The van der Waals surface area contributed by atoms with Gasteiger partial charge in [-0.2, -0.15) is 0 Å². The number of ether oxygens (including phenoxy) is 2. The van der Waals surface area contributed by atoms with Gasteiger partial charge in [-0.1, -0.05) is 40.5 Å². The molecule has 0 amide bonds. The number of aliphatic hydroxyl groups is 2. The molecular weight excluding hydrogens is 581 g/mol. The van der Waals surface area contributed by atoms with Crippen molar-refractivity contribution >= 4 is 23.0 Å². The van der Waals surface area contributed by atoms with Crippen LogP contribution in [0.2, 0.25) is 0 Å². The molecule has 3 aliphatic carbocycles. The summed E-state index contributed by atoms with van der Waals surface area (Å²) in [5.74, 6) is -3.47. The minimum absolute atomic E-state index is 0.0575. The van der Waals surface area contributed by atoms with E-state index in [1.165, 1.54) is 6.07 Å². The van der Waals surface area contributed by atoms with Crippen molar-refractivity contribution < 1.29 is 38.2 Å². The molecule has 0 aliphatic heterocycles. The molecule has 0 saturated heterocycles. The Morgan fingerprint density at radius 2 is 1.82 bits per heavy atom. The third kappa shape index (κ3) is 5.62. The van der Waals surface area contributed by atoms with Crippen LogP contribution in [0.25, 0.3) is 5.76 Å². The third-order valence-electron chi connectivity index (χ3n) is 9.33. The Balaban J connectivity index is 1.63. The van der Waals surface area contributed by atoms with Crippen LogP contribution in [0.4, 0.5) is 10.1 Å². The fourth-order valence-electron chi connectivity index (χ4n) is 6.94. The van der Waals surface area contributed by atoms with Gasteiger partial charge in [-0.05, 0) is 63.2 Å². The topological polar surface area (TPSA) is 134 Å². The number of nitrogens with one attached hydrogen (secondary N) is 1. The van der Waals surface area contributed by atoms with Crippen molar-refractivity contribution in [2.24, 2.45) is 17.8 Å². The van der Waals surface area contributed by atoms with E-state index in [1.54, 1.807) is 19.0 Å². The van der Waals surface area contributed by atoms with Crippen LogP contribution in [0.1, 0.15) is 99.5 Å². The largest absolute Gasteiger partial charge is 0.507 e. The predicted octanol–water partition coefficient (Wildman–Crippen LogP) is 5.89. The quantitative estimate of drug-likeness (QED) is 0.182. The SMILES string of the molecule is CCCCOc1noc2c1C(=O)[C@@]1(O)C(=O)C3=C(O)c4c(c(F)cc(NCCC(C)C)c4OCCCC)C[C@H]3C[C@H]1[C@@H]2N(C)C. The number of nitrogens with zero attached hydrogens (tertiary/aromatic N) is 2. The normalized spacial score (nSPS) is 24.0. The Labute approximate surface area is 263 Å². The molecule has 0 bridgehead atoms. The molecule has 2 aromatic rings. The van der Waals surface area contributed by atoms with Gasteiger partial charge >= 0.3 is 0 Å². The van der Waals surface area contributed by atoms with E-state index < -0.39 is 46.6 Å². The predicted molar refractivity (Wildman–Crippen MR) is 167 cm³/mol.